The van der Waals surface area contributed by atoms with Crippen molar-refractivity contribution in [2.45, 2.75) is 36.5 Å². The summed E-state index contributed by atoms with van der Waals surface area (Å²) in [4.78, 5) is 16.1. The quantitative estimate of drug-likeness (QED) is 0.588. The van der Waals surface area contributed by atoms with Crippen LogP contribution in [-0.4, -0.2) is 49.1 Å². The molecule has 2 aromatic rings. The van der Waals surface area contributed by atoms with Crippen molar-refractivity contribution in [1.29, 1.82) is 0 Å². The minimum Gasteiger partial charge on any atom is -0.459 e. The van der Waals surface area contributed by atoms with Crippen LogP contribution in [0.25, 0.3) is 11.1 Å². The Morgan fingerprint density at radius 2 is 2.00 bits per heavy atom. The topological polar surface area (TPSA) is 89.7 Å². The highest BCUT2D eigenvalue weighted by molar-refractivity contribution is 7.99. The second-order valence-electron chi connectivity index (χ2n) is 6.27. The fourth-order valence-electron chi connectivity index (χ4n) is 1.81. The first-order chi connectivity index (χ1) is 11.0. The second kappa shape index (κ2) is 6.73. The summed E-state index contributed by atoms with van der Waals surface area (Å²) in [6.07, 6.45) is 0. The maximum atomic E-state index is 12.1. The molecular weight excluding hydrogens is 352 g/mol. The predicted molar refractivity (Wildman–Crippen MR) is 91.5 cm³/mol. The van der Waals surface area contributed by atoms with Gasteiger partial charge in [-0.15, -0.1) is 0 Å². The number of rotatable bonds is 5. The molecule has 0 spiro atoms. The van der Waals surface area contributed by atoms with E-state index in [0.717, 1.165) is 16.1 Å². The molecule has 0 aliphatic heterocycles. The van der Waals surface area contributed by atoms with E-state index in [1.54, 1.807) is 26.8 Å². The summed E-state index contributed by atoms with van der Waals surface area (Å²) in [7, 11) is -0.609. The minimum atomic E-state index is -3.53. The van der Waals surface area contributed by atoms with E-state index in [2.05, 4.69) is 4.98 Å². The number of ether oxygens (including phenoxy) is 1. The number of nitrogens with zero attached hydrogens (tertiary/aromatic N) is 2. The molecule has 132 valence electrons. The minimum absolute atomic E-state index is 0.0624. The molecule has 1 aromatic carbocycles. The van der Waals surface area contributed by atoms with Crippen molar-refractivity contribution in [3.8, 4) is 0 Å². The highest BCUT2D eigenvalue weighted by Gasteiger charge is 2.20. The summed E-state index contributed by atoms with van der Waals surface area (Å²) in [5.41, 5.74) is 0.331. The van der Waals surface area contributed by atoms with Gasteiger partial charge in [-0.2, -0.15) is 0 Å². The zero-order chi connectivity index (χ0) is 18.1. The lowest BCUT2D eigenvalue weighted by Gasteiger charge is -2.18. The van der Waals surface area contributed by atoms with E-state index in [1.165, 1.54) is 26.2 Å². The highest BCUT2D eigenvalue weighted by Crippen LogP contribution is 2.26. The summed E-state index contributed by atoms with van der Waals surface area (Å²) < 4.78 is 36.1. The van der Waals surface area contributed by atoms with Crippen LogP contribution in [-0.2, 0) is 19.6 Å². The lowest BCUT2D eigenvalue weighted by Crippen LogP contribution is -2.24. The average molecular weight is 372 g/mol. The Morgan fingerprint density at radius 1 is 1.33 bits per heavy atom. The SMILES string of the molecule is CN(C)S(=O)(=O)c1ccc2oc(SCC(=O)OC(C)(C)C)nc2c1. The number of hydrogen-bond donors (Lipinski definition) is 0. The summed E-state index contributed by atoms with van der Waals surface area (Å²) >= 11 is 1.10. The molecular formula is C15H20N2O5S2. The van der Waals surface area contributed by atoms with Gasteiger partial charge in [0.2, 0.25) is 10.0 Å². The van der Waals surface area contributed by atoms with Crippen LogP contribution >= 0.6 is 11.8 Å². The number of oxazole rings is 1. The molecule has 24 heavy (non-hydrogen) atoms. The lowest BCUT2D eigenvalue weighted by molar-refractivity contribution is -0.151. The van der Waals surface area contributed by atoms with Crippen LogP contribution in [0.4, 0.5) is 0 Å². The molecule has 0 aliphatic rings. The van der Waals surface area contributed by atoms with Crippen LogP contribution in [0.15, 0.2) is 32.7 Å². The third kappa shape index (κ3) is 4.49. The first-order valence-corrected chi connectivity index (χ1v) is 9.59. The van der Waals surface area contributed by atoms with Gasteiger partial charge in [0, 0.05) is 14.1 Å². The number of hydrogen-bond acceptors (Lipinski definition) is 7. The first-order valence-electron chi connectivity index (χ1n) is 7.17. The second-order valence-corrected chi connectivity index (χ2v) is 9.35. The van der Waals surface area contributed by atoms with Gasteiger partial charge in [-0.3, -0.25) is 4.79 Å². The molecule has 0 N–H and O–H groups in total. The van der Waals surface area contributed by atoms with E-state index in [1.807, 2.05) is 0 Å². The van der Waals surface area contributed by atoms with E-state index >= 15 is 0 Å². The molecule has 0 atom stereocenters. The standard InChI is InChI=1S/C15H20N2O5S2/c1-15(2,3)22-13(18)9-23-14-16-11-8-10(6-7-12(11)21-14)24(19,20)17(4)5/h6-8H,9H2,1-5H3. The third-order valence-electron chi connectivity index (χ3n) is 2.85. The van der Waals surface area contributed by atoms with Crippen molar-refractivity contribution in [3.63, 3.8) is 0 Å². The number of fused-ring (bicyclic) bond motifs is 1. The number of carbonyl (C=O) groups is 1. The molecule has 1 heterocycles. The summed E-state index contributed by atoms with van der Waals surface area (Å²) in [5.74, 6) is -0.307. The van der Waals surface area contributed by atoms with Crippen LogP contribution in [0.1, 0.15) is 20.8 Å². The van der Waals surface area contributed by atoms with Gasteiger partial charge in [0.15, 0.2) is 5.58 Å². The molecule has 2 rings (SSSR count). The molecule has 0 saturated carbocycles. The zero-order valence-corrected chi connectivity index (χ0v) is 15.8. The Morgan fingerprint density at radius 3 is 2.58 bits per heavy atom. The maximum absolute atomic E-state index is 12.1. The Labute approximate surface area is 145 Å². The number of benzene rings is 1. The number of aromatic nitrogens is 1. The molecule has 0 saturated heterocycles. The van der Waals surface area contributed by atoms with Crippen LogP contribution in [0.2, 0.25) is 0 Å². The molecule has 0 aliphatic carbocycles. The molecule has 9 heteroatoms. The Bertz CT molecular complexity index is 850. The van der Waals surface area contributed by atoms with E-state index in [4.69, 9.17) is 9.15 Å². The van der Waals surface area contributed by atoms with E-state index < -0.39 is 15.6 Å². The highest BCUT2D eigenvalue weighted by atomic mass is 32.2. The van der Waals surface area contributed by atoms with E-state index in [-0.39, 0.29) is 21.8 Å². The van der Waals surface area contributed by atoms with Gasteiger partial charge in [-0.05, 0) is 39.0 Å². The van der Waals surface area contributed by atoms with Crippen LogP contribution < -0.4 is 0 Å². The average Bonchev–Trinajstić information content (AvgIpc) is 2.84. The summed E-state index contributed by atoms with van der Waals surface area (Å²) in [5, 5.41) is 0.287. The number of thioether (sulfide) groups is 1. The van der Waals surface area contributed by atoms with E-state index in [0.29, 0.717) is 11.1 Å². The smallest absolute Gasteiger partial charge is 0.316 e. The van der Waals surface area contributed by atoms with Crippen molar-refractivity contribution < 1.29 is 22.4 Å². The lowest BCUT2D eigenvalue weighted by atomic mass is 10.2. The van der Waals surface area contributed by atoms with E-state index in [9.17, 15) is 13.2 Å². The molecule has 0 unspecified atom stereocenters. The Kier molecular flexibility index (Phi) is 5.26. The monoisotopic (exact) mass is 372 g/mol. The van der Waals surface area contributed by atoms with Crippen LogP contribution in [0.5, 0.6) is 0 Å². The largest absolute Gasteiger partial charge is 0.459 e. The van der Waals surface area contributed by atoms with Gasteiger partial charge in [-0.1, -0.05) is 11.8 Å². The van der Waals surface area contributed by atoms with Gasteiger partial charge in [0.05, 0.1) is 4.90 Å². The van der Waals surface area contributed by atoms with Crippen molar-refractivity contribution in [3.05, 3.63) is 18.2 Å². The number of esters is 1. The fraction of sp³-hybridized carbons (Fsp3) is 0.467. The maximum Gasteiger partial charge on any atom is 0.316 e. The summed E-state index contributed by atoms with van der Waals surface area (Å²) in [6, 6.07) is 4.47. The Balaban J connectivity index is 2.16. The van der Waals surface area contributed by atoms with Gasteiger partial charge in [0.25, 0.3) is 5.22 Å². The summed E-state index contributed by atoms with van der Waals surface area (Å²) in [6.45, 7) is 5.38. The third-order valence-corrected chi connectivity index (χ3v) is 5.46. The first kappa shape index (κ1) is 18.8. The van der Waals surface area contributed by atoms with Crippen molar-refractivity contribution in [2.75, 3.05) is 19.8 Å². The van der Waals surface area contributed by atoms with Crippen molar-refractivity contribution >= 4 is 38.9 Å². The van der Waals surface area contributed by atoms with Crippen LogP contribution in [0.3, 0.4) is 0 Å². The molecule has 0 radical (unpaired) electrons. The number of carbonyl (C=O) groups excluding carboxylic acids is 1. The number of sulfonamides is 1. The fourth-order valence-corrected chi connectivity index (χ4v) is 3.34. The molecule has 1 aromatic heterocycles. The molecule has 0 fully saturated rings. The molecule has 0 bridgehead atoms. The van der Waals surface area contributed by atoms with Gasteiger partial charge >= 0.3 is 5.97 Å². The van der Waals surface area contributed by atoms with Crippen molar-refractivity contribution in [2.24, 2.45) is 0 Å². The zero-order valence-electron chi connectivity index (χ0n) is 14.2. The predicted octanol–water partition coefficient (Wildman–Crippen LogP) is 2.51. The van der Waals surface area contributed by atoms with Crippen LogP contribution in [0, 0.1) is 0 Å². The Hall–Kier alpha value is -1.58. The van der Waals surface area contributed by atoms with Crippen molar-refractivity contribution in [1.82, 2.24) is 9.29 Å². The van der Waals surface area contributed by atoms with Gasteiger partial charge in [-0.25, -0.2) is 17.7 Å². The van der Waals surface area contributed by atoms with Gasteiger partial charge < -0.3 is 9.15 Å². The molecule has 7 nitrogen and oxygen atoms in total. The van der Waals surface area contributed by atoms with Gasteiger partial charge in [0.1, 0.15) is 16.9 Å². The normalized spacial score (nSPS) is 12.8. The molecule has 0 amide bonds.